The van der Waals surface area contributed by atoms with Crippen molar-refractivity contribution in [2.24, 2.45) is 0 Å². The van der Waals surface area contributed by atoms with Gasteiger partial charge in [-0.15, -0.1) is 0 Å². The van der Waals surface area contributed by atoms with Crippen LogP contribution in [-0.2, 0) is 13.0 Å². The van der Waals surface area contributed by atoms with Gasteiger partial charge in [0, 0.05) is 12.2 Å². The first-order chi connectivity index (χ1) is 5.27. The zero-order valence-electron chi connectivity index (χ0n) is 6.83. The van der Waals surface area contributed by atoms with Crippen molar-refractivity contribution in [2.75, 3.05) is 0 Å². The van der Waals surface area contributed by atoms with E-state index in [-0.39, 0.29) is 0 Å². The molecule has 0 saturated carbocycles. The standard InChI is InChI=1S/C8H11N3/c1-3-11-7(2)6-8(10-11)4-5-9/h6H,3-4H2,1-2H3. The molecule has 1 rings (SSSR count). The summed E-state index contributed by atoms with van der Waals surface area (Å²) < 4.78 is 1.90. The summed E-state index contributed by atoms with van der Waals surface area (Å²) in [5.41, 5.74) is 1.99. The summed E-state index contributed by atoms with van der Waals surface area (Å²) in [5.74, 6) is 0. The number of aromatic nitrogens is 2. The van der Waals surface area contributed by atoms with Crippen LogP contribution >= 0.6 is 0 Å². The maximum absolute atomic E-state index is 8.39. The molecule has 0 aromatic carbocycles. The molecule has 0 radical (unpaired) electrons. The van der Waals surface area contributed by atoms with Gasteiger partial charge in [0.15, 0.2) is 0 Å². The molecule has 0 N–H and O–H groups in total. The van der Waals surface area contributed by atoms with E-state index >= 15 is 0 Å². The van der Waals surface area contributed by atoms with Gasteiger partial charge in [0.25, 0.3) is 0 Å². The Bertz CT molecular complexity index is 280. The van der Waals surface area contributed by atoms with Crippen LogP contribution in [0.15, 0.2) is 6.07 Å². The maximum atomic E-state index is 8.39. The summed E-state index contributed by atoms with van der Waals surface area (Å²) in [5, 5.41) is 12.6. The summed E-state index contributed by atoms with van der Waals surface area (Å²) in [7, 11) is 0. The Hall–Kier alpha value is -1.30. The van der Waals surface area contributed by atoms with Gasteiger partial charge in [-0.05, 0) is 19.9 Å². The highest BCUT2D eigenvalue weighted by Gasteiger charge is 2.00. The second kappa shape index (κ2) is 3.20. The SMILES string of the molecule is CCn1nc(CC#N)cc1C. The number of hydrogen-bond donors (Lipinski definition) is 0. The van der Waals surface area contributed by atoms with Crippen LogP contribution in [0.2, 0.25) is 0 Å². The third kappa shape index (κ3) is 1.58. The fourth-order valence-electron chi connectivity index (χ4n) is 1.07. The lowest BCUT2D eigenvalue weighted by Gasteiger charge is -1.95. The molecule has 1 aromatic rings. The molecule has 0 fully saturated rings. The molecule has 0 aliphatic rings. The Balaban J connectivity index is 2.88. The molecular weight excluding hydrogens is 138 g/mol. The van der Waals surface area contributed by atoms with E-state index in [2.05, 4.69) is 11.2 Å². The lowest BCUT2D eigenvalue weighted by atomic mass is 10.3. The van der Waals surface area contributed by atoms with Crippen molar-refractivity contribution in [3.05, 3.63) is 17.5 Å². The summed E-state index contributed by atoms with van der Waals surface area (Å²) in [4.78, 5) is 0. The molecule has 1 heterocycles. The van der Waals surface area contributed by atoms with Gasteiger partial charge in [0.1, 0.15) is 0 Å². The van der Waals surface area contributed by atoms with Crippen LogP contribution in [0.5, 0.6) is 0 Å². The fraction of sp³-hybridized carbons (Fsp3) is 0.500. The zero-order chi connectivity index (χ0) is 8.27. The Morgan fingerprint density at radius 1 is 1.73 bits per heavy atom. The van der Waals surface area contributed by atoms with Crippen molar-refractivity contribution in [1.29, 1.82) is 5.26 Å². The van der Waals surface area contributed by atoms with Gasteiger partial charge >= 0.3 is 0 Å². The highest BCUT2D eigenvalue weighted by molar-refractivity contribution is 5.11. The summed E-state index contributed by atoms with van der Waals surface area (Å²) in [6.07, 6.45) is 0.411. The number of hydrogen-bond acceptors (Lipinski definition) is 2. The summed E-state index contributed by atoms with van der Waals surface area (Å²) in [6, 6.07) is 4.02. The Labute approximate surface area is 66.3 Å². The lowest BCUT2D eigenvalue weighted by molar-refractivity contribution is 0.632. The van der Waals surface area contributed by atoms with Crippen molar-refractivity contribution in [2.45, 2.75) is 26.8 Å². The number of nitriles is 1. The van der Waals surface area contributed by atoms with E-state index in [1.165, 1.54) is 0 Å². The van der Waals surface area contributed by atoms with Crippen molar-refractivity contribution in [1.82, 2.24) is 9.78 Å². The normalized spacial score (nSPS) is 9.55. The second-order valence-electron chi connectivity index (χ2n) is 2.43. The minimum Gasteiger partial charge on any atom is -0.270 e. The van der Waals surface area contributed by atoms with Gasteiger partial charge in [-0.25, -0.2) is 0 Å². The first-order valence-corrected chi connectivity index (χ1v) is 3.68. The Morgan fingerprint density at radius 2 is 2.45 bits per heavy atom. The molecule has 0 spiro atoms. The fourth-order valence-corrected chi connectivity index (χ4v) is 1.07. The average molecular weight is 149 g/mol. The molecule has 0 aliphatic carbocycles. The van der Waals surface area contributed by atoms with Crippen molar-refractivity contribution >= 4 is 0 Å². The van der Waals surface area contributed by atoms with E-state index < -0.39 is 0 Å². The predicted octanol–water partition coefficient (Wildman–Crippen LogP) is 1.28. The van der Waals surface area contributed by atoms with Crippen LogP contribution in [0.3, 0.4) is 0 Å². The molecule has 0 aliphatic heterocycles. The van der Waals surface area contributed by atoms with E-state index in [9.17, 15) is 0 Å². The summed E-state index contributed by atoms with van der Waals surface area (Å²) in [6.45, 7) is 4.91. The van der Waals surface area contributed by atoms with E-state index in [1.807, 2.05) is 24.6 Å². The molecule has 0 unspecified atom stereocenters. The van der Waals surface area contributed by atoms with Gasteiger partial charge < -0.3 is 0 Å². The first-order valence-electron chi connectivity index (χ1n) is 3.68. The van der Waals surface area contributed by atoms with Gasteiger partial charge in [-0.3, -0.25) is 4.68 Å². The van der Waals surface area contributed by atoms with Gasteiger partial charge in [-0.2, -0.15) is 10.4 Å². The van der Waals surface area contributed by atoms with Gasteiger partial charge in [-0.1, -0.05) is 0 Å². The maximum Gasteiger partial charge on any atom is 0.0793 e. The number of aryl methyl sites for hydroxylation is 2. The first kappa shape index (κ1) is 7.80. The summed E-state index contributed by atoms with van der Waals surface area (Å²) >= 11 is 0. The molecule has 0 amide bonds. The highest BCUT2D eigenvalue weighted by Crippen LogP contribution is 2.02. The third-order valence-electron chi connectivity index (χ3n) is 1.59. The molecule has 0 bridgehead atoms. The average Bonchev–Trinajstić information content (AvgIpc) is 2.32. The zero-order valence-corrected chi connectivity index (χ0v) is 6.83. The minimum absolute atomic E-state index is 0.411. The molecule has 0 saturated heterocycles. The van der Waals surface area contributed by atoms with Crippen LogP contribution in [0.4, 0.5) is 0 Å². The smallest absolute Gasteiger partial charge is 0.0793 e. The molecule has 3 nitrogen and oxygen atoms in total. The van der Waals surface area contributed by atoms with Crippen LogP contribution in [0.25, 0.3) is 0 Å². The molecule has 11 heavy (non-hydrogen) atoms. The van der Waals surface area contributed by atoms with E-state index in [4.69, 9.17) is 5.26 Å². The molecule has 58 valence electrons. The van der Waals surface area contributed by atoms with Crippen molar-refractivity contribution in [3.63, 3.8) is 0 Å². The second-order valence-corrected chi connectivity index (χ2v) is 2.43. The Kier molecular flexibility index (Phi) is 2.27. The predicted molar refractivity (Wildman–Crippen MR) is 42.0 cm³/mol. The topological polar surface area (TPSA) is 41.6 Å². The number of rotatable bonds is 2. The highest BCUT2D eigenvalue weighted by atomic mass is 15.3. The van der Waals surface area contributed by atoms with Gasteiger partial charge in [0.2, 0.25) is 0 Å². The van der Waals surface area contributed by atoms with Crippen molar-refractivity contribution < 1.29 is 0 Å². The van der Waals surface area contributed by atoms with Crippen LogP contribution in [-0.4, -0.2) is 9.78 Å². The van der Waals surface area contributed by atoms with E-state index in [0.717, 1.165) is 17.9 Å². The van der Waals surface area contributed by atoms with Crippen LogP contribution < -0.4 is 0 Å². The van der Waals surface area contributed by atoms with Crippen LogP contribution in [0.1, 0.15) is 18.3 Å². The van der Waals surface area contributed by atoms with Gasteiger partial charge in [0.05, 0.1) is 18.2 Å². The third-order valence-corrected chi connectivity index (χ3v) is 1.59. The lowest BCUT2D eigenvalue weighted by Crippen LogP contribution is -1.98. The quantitative estimate of drug-likeness (QED) is 0.635. The van der Waals surface area contributed by atoms with Crippen molar-refractivity contribution in [3.8, 4) is 6.07 Å². The van der Waals surface area contributed by atoms with E-state index in [1.54, 1.807) is 0 Å². The molecule has 3 heteroatoms. The number of nitrogens with zero attached hydrogens (tertiary/aromatic N) is 3. The molecule has 0 atom stereocenters. The minimum atomic E-state index is 0.411. The Morgan fingerprint density at radius 3 is 2.91 bits per heavy atom. The monoisotopic (exact) mass is 149 g/mol. The van der Waals surface area contributed by atoms with Crippen LogP contribution in [0, 0.1) is 18.3 Å². The molecular formula is C8H11N3. The molecule has 1 aromatic heterocycles. The largest absolute Gasteiger partial charge is 0.270 e. The van der Waals surface area contributed by atoms with E-state index in [0.29, 0.717) is 6.42 Å².